The van der Waals surface area contributed by atoms with Gasteiger partial charge in [-0.3, -0.25) is 14.4 Å². The Morgan fingerprint density at radius 3 is 2.34 bits per heavy atom. The van der Waals surface area contributed by atoms with Gasteiger partial charge in [-0.2, -0.15) is 0 Å². The summed E-state index contributed by atoms with van der Waals surface area (Å²) >= 11 is 0. The highest BCUT2D eigenvalue weighted by atomic mass is 16.2. The average molecular weight is 510 g/mol. The van der Waals surface area contributed by atoms with Crippen molar-refractivity contribution in [2.75, 3.05) is 5.32 Å². The number of Topliss-reactive ketones (excluding diaryl/α,β-unsaturated/α-hetero) is 1. The van der Waals surface area contributed by atoms with Gasteiger partial charge in [0, 0.05) is 45.7 Å². The van der Waals surface area contributed by atoms with E-state index in [1.807, 2.05) is 42.5 Å². The molecule has 2 unspecified atom stereocenters. The number of aromatic amines is 1. The molecular weight excluding hydrogens is 474 g/mol. The van der Waals surface area contributed by atoms with Crippen LogP contribution in [0.25, 0.3) is 22.2 Å². The van der Waals surface area contributed by atoms with Crippen molar-refractivity contribution in [3.8, 4) is 11.3 Å². The zero-order chi connectivity index (χ0) is 25.9. The third-order valence-corrected chi connectivity index (χ3v) is 9.75. The smallest absolute Gasteiger partial charge is 0.251 e. The molecule has 5 saturated carbocycles. The van der Waals surface area contributed by atoms with E-state index in [0.717, 1.165) is 72.8 Å². The molecule has 2 atom stereocenters. The monoisotopic (exact) mass is 509 g/mol. The van der Waals surface area contributed by atoms with Crippen LogP contribution in [0.3, 0.4) is 0 Å². The molecular formula is C32H35N3O3. The maximum atomic E-state index is 13.4. The molecule has 38 heavy (non-hydrogen) atoms. The van der Waals surface area contributed by atoms with Gasteiger partial charge in [0.15, 0.2) is 0 Å². The predicted molar refractivity (Wildman–Crippen MR) is 148 cm³/mol. The highest BCUT2D eigenvalue weighted by Gasteiger charge is 2.58. The average Bonchev–Trinajstić information content (AvgIpc) is 3.36. The first-order valence-electron chi connectivity index (χ1n) is 14.4. The molecule has 2 aromatic carbocycles. The SMILES string of the molecule is O=C(NC1CCCCC1)c1ccc2cc(-c3ccc(NC(=O)C45CC6CC(C4)C(=O)C(C6)C5)cc3)[nH]c2c1. The first kappa shape index (κ1) is 23.7. The van der Waals surface area contributed by atoms with Crippen molar-refractivity contribution in [2.24, 2.45) is 23.2 Å². The fraction of sp³-hybridized carbons (Fsp3) is 0.469. The van der Waals surface area contributed by atoms with Crippen molar-refractivity contribution in [2.45, 2.75) is 70.3 Å². The largest absolute Gasteiger partial charge is 0.355 e. The highest BCUT2D eigenvalue weighted by molar-refractivity contribution is 6.00. The second-order valence-electron chi connectivity index (χ2n) is 12.4. The van der Waals surface area contributed by atoms with Crippen LogP contribution in [-0.2, 0) is 9.59 Å². The van der Waals surface area contributed by atoms with E-state index in [9.17, 15) is 14.4 Å². The number of carbonyl (C=O) groups excluding carboxylic acids is 3. The molecule has 6 nitrogen and oxygen atoms in total. The van der Waals surface area contributed by atoms with E-state index in [-0.39, 0.29) is 35.1 Å². The topological polar surface area (TPSA) is 91.1 Å². The van der Waals surface area contributed by atoms with E-state index in [0.29, 0.717) is 17.3 Å². The summed E-state index contributed by atoms with van der Waals surface area (Å²) < 4.78 is 0. The van der Waals surface area contributed by atoms with E-state index in [1.165, 1.54) is 19.3 Å². The fourth-order valence-electron chi connectivity index (χ4n) is 7.96. The van der Waals surface area contributed by atoms with Gasteiger partial charge in [-0.05, 0) is 86.8 Å². The molecule has 196 valence electrons. The van der Waals surface area contributed by atoms with Crippen molar-refractivity contribution in [3.63, 3.8) is 0 Å². The fourth-order valence-corrected chi connectivity index (χ4v) is 7.96. The lowest BCUT2D eigenvalue weighted by molar-refractivity contribution is -0.154. The minimum Gasteiger partial charge on any atom is -0.355 e. The zero-order valence-electron chi connectivity index (χ0n) is 21.7. The number of H-pyrrole nitrogens is 1. The Morgan fingerprint density at radius 2 is 1.61 bits per heavy atom. The van der Waals surface area contributed by atoms with Crippen molar-refractivity contribution >= 4 is 34.2 Å². The third kappa shape index (κ3) is 4.14. The molecule has 8 rings (SSSR count). The molecule has 5 aliphatic rings. The summed E-state index contributed by atoms with van der Waals surface area (Å²) in [6.45, 7) is 0. The molecule has 5 aliphatic carbocycles. The van der Waals surface area contributed by atoms with Crippen LogP contribution in [-0.4, -0.2) is 28.6 Å². The first-order valence-corrected chi connectivity index (χ1v) is 14.4. The summed E-state index contributed by atoms with van der Waals surface area (Å²) in [4.78, 5) is 42.2. The molecule has 3 aromatic rings. The Labute approximate surface area is 223 Å². The summed E-state index contributed by atoms with van der Waals surface area (Å²) in [5, 5.41) is 7.43. The first-order chi connectivity index (χ1) is 18.5. The molecule has 1 aromatic heterocycles. The van der Waals surface area contributed by atoms with Gasteiger partial charge >= 0.3 is 0 Å². The summed E-state index contributed by atoms with van der Waals surface area (Å²) in [6.07, 6.45) is 10.1. The molecule has 0 radical (unpaired) electrons. The van der Waals surface area contributed by atoms with E-state index in [2.05, 4.69) is 21.7 Å². The minimum absolute atomic E-state index is 0.00145. The zero-order valence-corrected chi connectivity index (χ0v) is 21.7. The van der Waals surface area contributed by atoms with E-state index in [4.69, 9.17) is 0 Å². The number of benzene rings is 2. The normalized spacial score (nSPS) is 28.5. The van der Waals surface area contributed by atoms with Crippen LogP contribution in [0.4, 0.5) is 5.69 Å². The Kier molecular flexibility index (Phi) is 5.68. The second-order valence-corrected chi connectivity index (χ2v) is 12.4. The lowest BCUT2D eigenvalue weighted by Gasteiger charge is -2.54. The number of anilines is 1. The Balaban J connectivity index is 1.04. The molecule has 4 bridgehead atoms. The van der Waals surface area contributed by atoms with Crippen LogP contribution in [0.1, 0.15) is 74.6 Å². The van der Waals surface area contributed by atoms with Gasteiger partial charge < -0.3 is 15.6 Å². The minimum atomic E-state index is -0.374. The quantitative estimate of drug-likeness (QED) is 0.381. The number of carbonyl (C=O) groups is 3. The number of aromatic nitrogens is 1. The standard InChI is InChI=1S/C32H35N3O3/c36-29-23-12-19-13-24(29)18-32(16-19,17-23)31(38)34-26-10-8-20(9-11-26)27-14-21-6-7-22(15-28(21)35-27)30(37)33-25-4-2-1-3-5-25/h6-11,14-15,19,23-25,35H,1-5,12-13,16-18H2,(H,33,37)(H,34,38). The Morgan fingerprint density at radius 1 is 0.868 bits per heavy atom. The maximum absolute atomic E-state index is 13.4. The Bertz CT molecular complexity index is 1400. The van der Waals surface area contributed by atoms with Crippen molar-refractivity contribution in [1.29, 1.82) is 0 Å². The lowest BCUT2D eigenvalue weighted by atomic mass is 9.49. The number of rotatable bonds is 5. The van der Waals surface area contributed by atoms with Crippen molar-refractivity contribution in [3.05, 3.63) is 54.1 Å². The van der Waals surface area contributed by atoms with Gasteiger partial charge in [0.05, 0.1) is 5.41 Å². The second kappa shape index (κ2) is 9.11. The molecule has 0 saturated heterocycles. The molecule has 0 aliphatic heterocycles. The van der Waals surface area contributed by atoms with Crippen LogP contribution in [0.2, 0.25) is 0 Å². The van der Waals surface area contributed by atoms with Gasteiger partial charge in [-0.25, -0.2) is 0 Å². The summed E-state index contributed by atoms with van der Waals surface area (Å²) in [5.74, 6) is 1.20. The maximum Gasteiger partial charge on any atom is 0.251 e. The summed E-state index contributed by atoms with van der Waals surface area (Å²) in [5.41, 5.74) is 4.03. The number of fused-ring (bicyclic) bond motifs is 1. The number of amides is 2. The molecule has 3 N–H and O–H groups in total. The number of ketones is 1. The van der Waals surface area contributed by atoms with Gasteiger partial charge in [-0.15, -0.1) is 0 Å². The van der Waals surface area contributed by atoms with Gasteiger partial charge in [0.1, 0.15) is 5.78 Å². The van der Waals surface area contributed by atoms with Gasteiger partial charge in [0.2, 0.25) is 5.91 Å². The molecule has 6 heteroatoms. The molecule has 5 fully saturated rings. The van der Waals surface area contributed by atoms with Crippen molar-refractivity contribution in [1.82, 2.24) is 10.3 Å². The summed E-state index contributed by atoms with van der Waals surface area (Å²) in [7, 11) is 0. The summed E-state index contributed by atoms with van der Waals surface area (Å²) in [6, 6.07) is 16.1. The Hall–Kier alpha value is -3.41. The van der Waals surface area contributed by atoms with Crippen LogP contribution < -0.4 is 10.6 Å². The van der Waals surface area contributed by atoms with E-state index >= 15 is 0 Å². The lowest BCUT2D eigenvalue weighted by Crippen LogP contribution is -2.55. The van der Waals surface area contributed by atoms with Gasteiger partial charge in [-0.1, -0.05) is 37.5 Å². The predicted octanol–water partition coefficient (Wildman–Crippen LogP) is 6.23. The van der Waals surface area contributed by atoms with Crippen molar-refractivity contribution < 1.29 is 14.4 Å². The highest BCUT2D eigenvalue weighted by Crippen LogP contribution is 2.58. The third-order valence-electron chi connectivity index (χ3n) is 9.75. The van der Waals surface area contributed by atoms with Crippen LogP contribution >= 0.6 is 0 Å². The van der Waals surface area contributed by atoms with E-state index in [1.54, 1.807) is 0 Å². The van der Waals surface area contributed by atoms with E-state index < -0.39 is 0 Å². The number of hydrogen-bond acceptors (Lipinski definition) is 3. The van der Waals surface area contributed by atoms with Crippen LogP contribution in [0.5, 0.6) is 0 Å². The molecule has 2 amide bonds. The van der Waals surface area contributed by atoms with Gasteiger partial charge in [0.25, 0.3) is 5.91 Å². The van der Waals surface area contributed by atoms with Crippen LogP contribution in [0, 0.1) is 23.2 Å². The number of nitrogens with one attached hydrogen (secondary N) is 3. The molecule has 0 spiro atoms. The molecule has 1 heterocycles. The van der Waals surface area contributed by atoms with Crippen LogP contribution in [0.15, 0.2) is 48.5 Å². The number of hydrogen-bond donors (Lipinski definition) is 3.